The van der Waals surface area contributed by atoms with Crippen LogP contribution in [-0.4, -0.2) is 22.7 Å². The summed E-state index contributed by atoms with van der Waals surface area (Å²) in [6.45, 7) is 3.56. The predicted octanol–water partition coefficient (Wildman–Crippen LogP) is 1.11. The molecule has 0 aliphatic heterocycles. The Hall–Kier alpha value is -0.930. The fourth-order valence-electron chi connectivity index (χ4n) is 1.47. The summed E-state index contributed by atoms with van der Waals surface area (Å²) in [7, 11) is 1.83. The van der Waals surface area contributed by atoms with Crippen LogP contribution in [-0.2, 0) is 0 Å². The highest BCUT2D eigenvalue weighted by atomic mass is 16.3. The van der Waals surface area contributed by atoms with Crippen molar-refractivity contribution in [2.75, 3.05) is 7.05 Å². The second-order valence-electron chi connectivity index (χ2n) is 3.66. The smallest absolute Gasteiger partial charge is 0.0786 e. The maximum atomic E-state index is 9.84. The highest BCUT2D eigenvalue weighted by Gasteiger charge is 2.26. The lowest BCUT2D eigenvalue weighted by Crippen LogP contribution is -2.37. The minimum atomic E-state index is -0.780. The van der Waals surface area contributed by atoms with E-state index in [2.05, 4.69) is 10.3 Å². The third-order valence-electron chi connectivity index (χ3n) is 2.01. The Bertz CT molecular complexity index is 253. The molecule has 1 heterocycles. The summed E-state index contributed by atoms with van der Waals surface area (Å²) in [5.41, 5.74) is 0.218. The van der Waals surface area contributed by atoms with Crippen LogP contribution in [0.3, 0.4) is 0 Å². The molecular formula is C10H16N2O. The first-order valence-corrected chi connectivity index (χ1v) is 4.35. The van der Waals surface area contributed by atoms with Crippen molar-refractivity contribution >= 4 is 0 Å². The standard InChI is InChI=1S/C10H16N2O/c1-10(2,13)9(11-3)8-5-4-6-12-7-8/h4-7,9,11,13H,1-3H3. The number of nitrogens with one attached hydrogen (secondary N) is 1. The van der Waals surface area contributed by atoms with Crippen molar-refractivity contribution in [3.63, 3.8) is 0 Å². The molecule has 0 fully saturated rings. The first kappa shape index (κ1) is 10.2. The highest BCUT2D eigenvalue weighted by molar-refractivity contribution is 5.16. The van der Waals surface area contributed by atoms with E-state index >= 15 is 0 Å². The van der Waals surface area contributed by atoms with Gasteiger partial charge in [-0.3, -0.25) is 4.98 Å². The molecule has 0 saturated carbocycles. The largest absolute Gasteiger partial charge is 0.388 e. The van der Waals surface area contributed by atoms with Gasteiger partial charge in [-0.05, 0) is 32.5 Å². The predicted molar refractivity (Wildman–Crippen MR) is 52.3 cm³/mol. The van der Waals surface area contributed by atoms with Gasteiger partial charge in [0.2, 0.25) is 0 Å². The number of rotatable bonds is 3. The zero-order valence-electron chi connectivity index (χ0n) is 8.28. The lowest BCUT2D eigenvalue weighted by atomic mass is 9.93. The average molecular weight is 180 g/mol. The topological polar surface area (TPSA) is 45.2 Å². The normalized spacial score (nSPS) is 14.2. The first-order valence-electron chi connectivity index (χ1n) is 4.35. The van der Waals surface area contributed by atoms with E-state index in [0.717, 1.165) is 5.56 Å². The minimum absolute atomic E-state index is 0.0822. The van der Waals surface area contributed by atoms with Gasteiger partial charge < -0.3 is 10.4 Å². The second-order valence-corrected chi connectivity index (χ2v) is 3.66. The van der Waals surface area contributed by atoms with Crippen LogP contribution in [0.25, 0.3) is 0 Å². The maximum Gasteiger partial charge on any atom is 0.0786 e. The SMILES string of the molecule is CNC(c1cccnc1)C(C)(C)O. The molecular weight excluding hydrogens is 164 g/mol. The number of hydrogen-bond acceptors (Lipinski definition) is 3. The Balaban J connectivity index is 2.92. The van der Waals surface area contributed by atoms with Gasteiger partial charge in [0.1, 0.15) is 0 Å². The van der Waals surface area contributed by atoms with E-state index in [1.54, 1.807) is 26.2 Å². The summed E-state index contributed by atoms with van der Waals surface area (Å²) in [5, 5.41) is 12.9. The molecule has 3 nitrogen and oxygen atoms in total. The van der Waals surface area contributed by atoms with Gasteiger partial charge in [-0.15, -0.1) is 0 Å². The molecule has 1 rings (SSSR count). The zero-order valence-corrected chi connectivity index (χ0v) is 8.28. The lowest BCUT2D eigenvalue weighted by molar-refractivity contribution is 0.0399. The van der Waals surface area contributed by atoms with Crippen LogP contribution in [0.2, 0.25) is 0 Å². The summed E-state index contributed by atoms with van der Waals surface area (Å²) in [4.78, 5) is 4.02. The molecule has 0 bridgehead atoms. The first-order chi connectivity index (χ1) is 6.05. The van der Waals surface area contributed by atoms with Crippen molar-refractivity contribution in [3.8, 4) is 0 Å². The summed E-state index contributed by atoms with van der Waals surface area (Å²) >= 11 is 0. The van der Waals surface area contributed by atoms with Gasteiger partial charge in [-0.2, -0.15) is 0 Å². The van der Waals surface area contributed by atoms with Crippen LogP contribution in [0.1, 0.15) is 25.5 Å². The lowest BCUT2D eigenvalue weighted by Gasteiger charge is -2.28. The van der Waals surface area contributed by atoms with Crippen molar-refractivity contribution in [1.82, 2.24) is 10.3 Å². The number of nitrogens with zero attached hydrogens (tertiary/aromatic N) is 1. The van der Waals surface area contributed by atoms with Crippen LogP contribution < -0.4 is 5.32 Å². The molecule has 0 spiro atoms. The monoisotopic (exact) mass is 180 g/mol. The van der Waals surface area contributed by atoms with E-state index in [1.165, 1.54) is 0 Å². The maximum absolute atomic E-state index is 9.84. The third kappa shape index (κ3) is 2.50. The summed E-state index contributed by atoms with van der Waals surface area (Å²) in [6, 6.07) is 3.73. The Morgan fingerprint density at radius 3 is 2.62 bits per heavy atom. The van der Waals surface area contributed by atoms with E-state index in [-0.39, 0.29) is 6.04 Å². The summed E-state index contributed by atoms with van der Waals surface area (Å²) < 4.78 is 0. The van der Waals surface area contributed by atoms with E-state index in [4.69, 9.17) is 0 Å². The molecule has 13 heavy (non-hydrogen) atoms. The van der Waals surface area contributed by atoms with Gasteiger partial charge in [0.05, 0.1) is 11.6 Å². The molecule has 0 amide bonds. The van der Waals surface area contributed by atoms with Gasteiger partial charge in [-0.1, -0.05) is 6.07 Å². The van der Waals surface area contributed by atoms with Crippen molar-refractivity contribution in [3.05, 3.63) is 30.1 Å². The molecule has 3 heteroatoms. The molecule has 1 aromatic rings. The fourth-order valence-corrected chi connectivity index (χ4v) is 1.47. The van der Waals surface area contributed by atoms with E-state index < -0.39 is 5.60 Å². The highest BCUT2D eigenvalue weighted by Crippen LogP contribution is 2.23. The molecule has 72 valence electrons. The molecule has 0 saturated heterocycles. The zero-order chi connectivity index (χ0) is 9.90. The molecule has 1 atom stereocenters. The van der Waals surface area contributed by atoms with Crippen LogP contribution in [0.15, 0.2) is 24.5 Å². The molecule has 2 N–H and O–H groups in total. The fraction of sp³-hybridized carbons (Fsp3) is 0.500. The molecule has 1 unspecified atom stereocenters. The number of hydrogen-bond donors (Lipinski definition) is 2. The van der Waals surface area contributed by atoms with Crippen molar-refractivity contribution < 1.29 is 5.11 Å². The molecule has 0 radical (unpaired) electrons. The number of aliphatic hydroxyl groups is 1. The van der Waals surface area contributed by atoms with Crippen LogP contribution in [0.4, 0.5) is 0 Å². The summed E-state index contributed by atoms with van der Waals surface area (Å²) in [5.74, 6) is 0. The number of pyridine rings is 1. The Morgan fingerprint density at radius 2 is 2.23 bits per heavy atom. The van der Waals surface area contributed by atoms with E-state index in [0.29, 0.717) is 0 Å². The number of likely N-dealkylation sites (N-methyl/N-ethyl adjacent to an activating group) is 1. The molecule has 0 aliphatic rings. The van der Waals surface area contributed by atoms with Gasteiger partial charge in [0.15, 0.2) is 0 Å². The van der Waals surface area contributed by atoms with E-state index in [9.17, 15) is 5.11 Å². The van der Waals surface area contributed by atoms with E-state index in [1.807, 2.05) is 19.2 Å². The van der Waals surface area contributed by atoms with Crippen LogP contribution >= 0.6 is 0 Å². The third-order valence-corrected chi connectivity index (χ3v) is 2.01. The van der Waals surface area contributed by atoms with Crippen LogP contribution in [0.5, 0.6) is 0 Å². The second kappa shape index (κ2) is 3.85. The van der Waals surface area contributed by atoms with Crippen molar-refractivity contribution in [2.45, 2.75) is 25.5 Å². The van der Waals surface area contributed by atoms with Gasteiger partial charge in [0.25, 0.3) is 0 Å². The average Bonchev–Trinajstić information content (AvgIpc) is 2.05. The minimum Gasteiger partial charge on any atom is -0.388 e. The van der Waals surface area contributed by atoms with Crippen molar-refractivity contribution in [1.29, 1.82) is 0 Å². The quantitative estimate of drug-likeness (QED) is 0.732. The van der Waals surface area contributed by atoms with Gasteiger partial charge >= 0.3 is 0 Å². The van der Waals surface area contributed by atoms with Gasteiger partial charge in [-0.25, -0.2) is 0 Å². The Kier molecular flexibility index (Phi) is 3.01. The Labute approximate surface area is 78.8 Å². The van der Waals surface area contributed by atoms with Gasteiger partial charge in [0, 0.05) is 12.4 Å². The van der Waals surface area contributed by atoms with Crippen molar-refractivity contribution in [2.24, 2.45) is 0 Å². The molecule has 0 aliphatic carbocycles. The molecule has 1 aromatic heterocycles. The Morgan fingerprint density at radius 1 is 1.54 bits per heavy atom. The molecule has 0 aromatic carbocycles. The summed E-state index contributed by atoms with van der Waals surface area (Å²) in [6.07, 6.45) is 3.49. The number of aromatic nitrogens is 1. The van der Waals surface area contributed by atoms with Crippen LogP contribution in [0, 0.1) is 0 Å².